The molecular formula is C23H21ClN2O3. The quantitative estimate of drug-likeness (QED) is 0.440. The highest BCUT2D eigenvalue weighted by molar-refractivity contribution is 6.30. The number of furan rings is 1. The lowest BCUT2D eigenvalue weighted by Crippen LogP contribution is -2.30. The molecule has 0 bridgehead atoms. The molecule has 0 aliphatic heterocycles. The Morgan fingerprint density at radius 3 is 2.69 bits per heavy atom. The third-order valence-corrected chi connectivity index (χ3v) is 5.13. The van der Waals surface area contributed by atoms with Gasteiger partial charge in [-0.1, -0.05) is 41.9 Å². The number of hydrogen-bond donors (Lipinski definition) is 2. The third-order valence-electron chi connectivity index (χ3n) is 4.89. The average molecular weight is 409 g/mol. The lowest BCUT2D eigenvalue weighted by atomic mass is 10.1. The lowest BCUT2D eigenvalue weighted by molar-refractivity contribution is -0.115. The number of rotatable bonds is 6. The monoisotopic (exact) mass is 408 g/mol. The summed E-state index contributed by atoms with van der Waals surface area (Å²) in [4.78, 5) is 12.5. The van der Waals surface area contributed by atoms with Crippen LogP contribution in [0.2, 0.25) is 5.02 Å². The van der Waals surface area contributed by atoms with Crippen molar-refractivity contribution in [2.45, 2.75) is 13.0 Å². The summed E-state index contributed by atoms with van der Waals surface area (Å²) < 4.78 is 11.4. The third kappa shape index (κ3) is 4.06. The van der Waals surface area contributed by atoms with Crippen LogP contribution in [0.4, 0.5) is 5.69 Å². The zero-order chi connectivity index (χ0) is 20.4. The summed E-state index contributed by atoms with van der Waals surface area (Å²) in [5.74, 6) is 0.410. The highest BCUT2D eigenvalue weighted by atomic mass is 35.5. The van der Waals surface area contributed by atoms with Crippen LogP contribution in [0.15, 0.2) is 65.1 Å². The Kier molecular flexibility index (Phi) is 5.43. The molecule has 0 fully saturated rings. The number of ether oxygens (including phenoxy) is 1. The molecule has 29 heavy (non-hydrogen) atoms. The SMILES string of the molecule is COc1cc2c(cc1NC(=O)CN[C@@H](C)c1cccc(Cl)c1)oc1ccccc12. The molecule has 1 atom stereocenters. The molecule has 0 saturated carbocycles. The van der Waals surface area contributed by atoms with Gasteiger partial charge in [0, 0.05) is 27.9 Å². The van der Waals surface area contributed by atoms with Crippen molar-refractivity contribution in [3.8, 4) is 5.75 Å². The van der Waals surface area contributed by atoms with E-state index in [-0.39, 0.29) is 18.5 Å². The van der Waals surface area contributed by atoms with Crippen LogP contribution >= 0.6 is 11.6 Å². The van der Waals surface area contributed by atoms with Crippen molar-refractivity contribution in [2.75, 3.05) is 19.0 Å². The molecule has 1 heterocycles. The minimum Gasteiger partial charge on any atom is -0.495 e. The van der Waals surface area contributed by atoms with E-state index in [9.17, 15) is 4.79 Å². The molecule has 0 aliphatic rings. The molecule has 1 amide bonds. The maximum Gasteiger partial charge on any atom is 0.238 e. The second-order valence-electron chi connectivity index (χ2n) is 6.85. The van der Waals surface area contributed by atoms with E-state index in [1.54, 1.807) is 13.2 Å². The van der Waals surface area contributed by atoms with E-state index in [0.717, 1.165) is 21.9 Å². The molecule has 0 saturated heterocycles. The number of anilines is 1. The molecule has 3 aromatic carbocycles. The first kappa shape index (κ1) is 19.3. The summed E-state index contributed by atoms with van der Waals surface area (Å²) in [7, 11) is 1.58. The molecule has 4 rings (SSSR count). The van der Waals surface area contributed by atoms with Crippen LogP contribution in [0.25, 0.3) is 21.9 Å². The minimum absolute atomic E-state index is 0.0146. The Balaban J connectivity index is 1.50. The second kappa shape index (κ2) is 8.15. The summed E-state index contributed by atoms with van der Waals surface area (Å²) in [6.45, 7) is 2.13. The fourth-order valence-corrected chi connectivity index (χ4v) is 3.55. The van der Waals surface area contributed by atoms with Gasteiger partial charge < -0.3 is 19.8 Å². The molecule has 0 spiro atoms. The molecule has 6 heteroatoms. The molecule has 0 unspecified atom stereocenters. The van der Waals surface area contributed by atoms with Crippen LogP contribution < -0.4 is 15.4 Å². The van der Waals surface area contributed by atoms with Crippen molar-refractivity contribution in [3.63, 3.8) is 0 Å². The van der Waals surface area contributed by atoms with Gasteiger partial charge in [0.1, 0.15) is 16.9 Å². The minimum atomic E-state index is -0.173. The predicted molar refractivity (Wildman–Crippen MR) is 117 cm³/mol. The Morgan fingerprint density at radius 2 is 1.90 bits per heavy atom. The van der Waals surface area contributed by atoms with Gasteiger partial charge in [0.05, 0.1) is 19.3 Å². The maximum atomic E-state index is 12.5. The van der Waals surface area contributed by atoms with Crippen LogP contribution in [0, 0.1) is 0 Å². The van der Waals surface area contributed by atoms with Crippen LogP contribution in [0.1, 0.15) is 18.5 Å². The summed E-state index contributed by atoms with van der Waals surface area (Å²) in [5.41, 5.74) is 3.08. The highest BCUT2D eigenvalue weighted by Crippen LogP contribution is 2.36. The predicted octanol–water partition coefficient (Wildman–Crippen LogP) is 5.54. The van der Waals surface area contributed by atoms with Crippen molar-refractivity contribution in [1.82, 2.24) is 5.32 Å². The first-order valence-corrected chi connectivity index (χ1v) is 9.71. The number of methoxy groups -OCH3 is 1. The topological polar surface area (TPSA) is 63.5 Å². The van der Waals surface area contributed by atoms with Crippen molar-refractivity contribution in [1.29, 1.82) is 0 Å². The zero-order valence-corrected chi connectivity index (χ0v) is 16.9. The molecule has 4 aromatic rings. The fourth-order valence-electron chi connectivity index (χ4n) is 3.35. The van der Waals surface area contributed by atoms with E-state index < -0.39 is 0 Å². The van der Waals surface area contributed by atoms with Gasteiger partial charge in [0.15, 0.2) is 0 Å². The molecule has 0 aliphatic carbocycles. The Morgan fingerprint density at radius 1 is 1.07 bits per heavy atom. The van der Waals surface area contributed by atoms with Crippen molar-refractivity contribution < 1.29 is 13.9 Å². The first-order chi connectivity index (χ1) is 14.0. The van der Waals surface area contributed by atoms with E-state index in [1.165, 1.54) is 0 Å². The van der Waals surface area contributed by atoms with Gasteiger partial charge in [0.2, 0.25) is 5.91 Å². The van der Waals surface area contributed by atoms with E-state index in [4.69, 9.17) is 20.8 Å². The number of halogens is 1. The molecule has 5 nitrogen and oxygen atoms in total. The van der Waals surface area contributed by atoms with Crippen LogP contribution in [-0.2, 0) is 4.79 Å². The van der Waals surface area contributed by atoms with Gasteiger partial charge >= 0.3 is 0 Å². The number of para-hydroxylation sites is 1. The number of fused-ring (bicyclic) bond motifs is 3. The largest absolute Gasteiger partial charge is 0.495 e. The molecule has 148 valence electrons. The second-order valence-corrected chi connectivity index (χ2v) is 7.29. The molecule has 0 radical (unpaired) electrons. The van der Waals surface area contributed by atoms with E-state index in [0.29, 0.717) is 22.0 Å². The number of benzene rings is 3. The van der Waals surface area contributed by atoms with Crippen molar-refractivity contribution >= 4 is 45.1 Å². The summed E-state index contributed by atoms with van der Waals surface area (Å²) in [5, 5.41) is 8.74. The highest BCUT2D eigenvalue weighted by Gasteiger charge is 2.15. The zero-order valence-electron chi connectivity index (χ0n) is 16.2. The number of carbonyl (C=O) groups excluding carboxylic acids is 1. The smallest absolute Gasteiger partial charge is 0.238 e. The lowest BCUT2D eigenvalue weighted by Gasteiger charge is -2.15. The van der Waals surface area contributed by atoms with Crippen LogP contribution in [0.3, 0.4) is 0 Å². The van der Waals surface area contributed by atoms with E-state index >= 15 is 0 Å². The Bertz CT molecular complexity index is 1190. The van der Waals surface area contributed by atoms with Gasteiger partial charge in [-0.3, -0.25) is 4.79 Å². The van der Waals surface area contributed by atoms with Gasteiger partial charge in [-0.05, 0) is 36.8 Å². The van der Waals surface area contributed by atoms with E-state index in [2.05, 4.69) is 10.6 Å². The number of carbonyl (C=O) groups is 1. The van der Waals surface area contributed by atoms with Gasteiger partial charge in [-0.15, -0.1) is 0 Å². The summed E-state index contributed by atoms with van der Waals surface area (Å²) >= 11 is 6.04. The Hall–Kier alpha value is -3.02. The molecular weight excluding hydrogens is 388 g/mol. The van der Waals surface area contributed by atoms with Gasteiger partial charge in [-0.25, -0.2) is 0 Å². The van der Waals surface area contributed by atoms with Crippen molar-refractivity contribution in [3.05, 3.63) is 71.2 Å². The molecule has 2 N–H and O–H groups in total. The summed E-state index contributed by atoms with van der Waals surface area (Å²) in [6, 6.07) is 19.1. The maximum absolute atomic E-state index is 12.5. The number of nitrogens with one attached hydrogen (secondary N) is 2. The van der Waals surface area contributed by atoms with Crippen LogP contribution in [0.5, 0.6) is 5.75 Å². The average Bonchev–Trinajstić information content (AvgIpc) is 3.08. The van der Waals surface area contributed by atoms with Crippen molar-refractivity contribution in [2.24, 2.45) is 0 Å². The number of hydrogen-bond acceptors (Lipinski definition) is 4. The fraction of sp³-hybridized carbons (Fsp3) is 0.174. The first-order valence-electron chi connectivity index (χ1n) is 9.33. The normalized spacial score (nSPS) is 12.2. The molecule has 1 aromatic heterocycles. The van der Waals surface area contributed by atoms with E-state index in [1.807, 2.05) is 61.5 Å². The van der Waals surface area contributed by atoms with Crippen LogP contribution in [-0.4, -0.2) is 19.6 Å². The number of amides is 1. The Labute approximate surface area is 173 Å². The van der Waals surface area contributed by atoms with Gasteiger partial charge in [0.25, 0.3) is 0 Å². The van der Waals surface area contributed by atoms with Gasteiger partial charge in [-0.2, -0.15) is 0 Å². The standard InChI is InChI=1S/C23H21ClN2O3/c1-14(15-6-5-7-16(24)10-15)25-13-23(27)26-19-12-21-18(11-22(19)28-2)17-8-3-4-9-20(17)29-21/h3-12,14,25H,13H2,1-2H3,(H,26,27)/t14-/m0/s1. The summed E-state index contributed by atoms with van der Waals surface area (Å²) in [6.07, 6.45) is 0.